The number of alkyl carbamates (subject to hydrolysis) is 1. The Morgan fingerprint density at radius 3 is 2.30 bits per heavy atom. The quantitative estimate of drug-likeness (QED) is 0.712. The number of piperidine rings is 1. The first-order chi connectivity index (χ1) is 14.0. The molecule has 1 aromatic carbocycles. The number of rotatable bonds is 3. The van der Waals surface area contributed by atoms with Gasteiger partial charge in [-0.3, -0.25) is 4.79 Å². The fraction of sp³-hybridized carbons (Fsp3) is 0.500. The molecule has 0 unspecified atom stereocenters. The minimum Gasteiger partial charge on any atom is -0.444 e. The van der Waals surface area contributed by atoms with Gasteiger partial charge in [0.2, 0.25) is 0 Å². The summed E-state index contributed by atoms with van der Waals surface area (Å²) in [6, 6.07) is 7.85. The third-order valence-electron chi connectivity index (χ3n) is 5.08. The second-order valence-corrected chi connectivity index (χ2v) is 9.56. The number of hydrogen-bond donors (Lipinski definition) is 1. The molecule has 30 heavy (non-hydrogen) atoms. The number of aromatic nitrogens is 2. The Kier molecular flexibility index (Phi) is 6.55. The molecule has 2 aromatic rings. The lowest BCUT2D eigenvalue weighted by molar-refractivity contribution is 0.0473. The van der Waals surface area contributed by atoms with Crippen molar-refractivity contribution in [1.29, 1.82) is 0 Å². The molecule has 0 saturated carbocycles. The van der Waals surface area contributed by atoms with E-state index < -0.39 is 11.7 Å². The van der Waals surface area contributed by atoms with Gasteiger partial charge in [0.15, 0.2) is 0 Å². The molecule has 1 N–H and O–H groups in total. The van der Waals surface area contributed by atoms with Gasteiger partial charge < -0.3 is 15.0 Å². The first-order valence-electron chi connectivity index (χ1n) is 10.2. The summed E-state index contributed by atoms with van der Waals surface area (Å²) in [7, 11) is 0. The standard InChI is InChI=1S/C22H29BrN4O3/c1-14-19(15(2)27(25-14)18-8-6-16(23)7-9-18)20(28)26-12-10-17(11-13-26)24-21(29)30-22(3,4)5/h6-9,17H,10-13H2,1-5H3,(H,24,29). The molecule has 8 heteroatoms. The fourth-order valence-electron chi connectivity index (χ4n) is 3.65. The summed E-state index contributed by atoms with van der Waals surface area (Å²) in [6.07, 6.45) is 0.989. The Balaban J connectivity index is 1.66. The van der Waals surface area contributed by atoms with Crippen LogP contribution in [0.2, 0.25) is 0 Å². The van der Waals surface area contributed by atoms with Crippen molar-refractivity contribution in [2.45, 2.75) is 59.1 Å². The molecule has 0 spiro atoms. The highest BCUT2D eigenvalue weighted by molar-refractivity contribution is 9.10. The lowest BCUT2D eigenvalue weighted by Crippen LogP contribution is -2.47. The van der Waals surface area contributed by atoms with E-state index in [0.717, 1.165) is 21.5 Å². The van der Waals surface area contributed by atoms with Crippen LogP contribution >= 0.6 is 15.9 Å². The lowest BCUT2D eigenvalue weighted by Gasteiger charge is -2.33. The van der Waals surface area contributed by atoms with Gasteiger partial charge in [-0.25, -0.2) is 9.48 Å². The van der Waals surface area contributed by atoms with Crippen LogP contribution in [0.1, 0.15) is 55.4 Å². The number of amides is 2. The van der Waals surface area contributed by atoms with E-state index in [-0.39, 0.29) is 11.9 Å². The number of likely N-dealkylation sites (tertiary alicyclic amines) is 1. The van der Waals surface area contributed by atoms with E-state index in [1.807, 2.05) is 68.5 Å². The number of nitrogens with one attached hydrogen (secondary N) is 1. The van der Waals surface area contributed by atoms with Crippen LogP contribution in [-0.4, -0.2) is 51.4 Å². The van der Waals surface area contributed by atoms with Gasteiger partial charge in [-0.05, 0) is 71.7 Å². The van der Waals surface area contributed by atoms with Gasteiger partial charge in [0.1, 0.15) is 5.60 Å². The summed E-state index contributed by atoms with van der Waals surface area (Å²) < 4.78 is 8.13. The van der Waals surface area contributed by atoms with Crippen LogP contribution in [0.3, 0.4) is 0 Å². The predicted molar refractivity (Wildman–Crippen MR) is 119 cm³/mol. The van der Waals surface area contributed by atoms with Crippen molar-refractivity contribution in [2.24, 2.45) is 0 Å². The van der Waals surface area contributed by atoms with E-state index in [2.05, 4.69) is 26.3 Å². The number of halogens is 1. The van der Waals surface area contributed by atoms with Crippen molar-refractivity contribution >= 4 is 27.9 Å². The number of hydrogen-bond acceptors (Lipinski definition) is 4. The summed E-state index contributed by atoms with van der Waals surface area (Å²) in [5.74, 6) is -0.0101. The predicted octanol–water partition coefficient (Wildman–Crippen LogP) is 4.38. The summed E-state index contributed by atoms with van der Waals surface area (Å²) in [5.41, 5.74) is 2.59. The Morgan fingerprint density at radius 1 is 1.13 bits per heavy atom. The third kappa shape index (κ3) is 5.22. The van der Waals surface area contributed by atoms with Crippen LogP contribution in [0.25, 0.3) is 5.69 Å². The zero-order valence-corrected chi connectivity index (χ0v) is 19.7. The first kappa shape index (κ1) is 22.3. The number of benzene rings is 1. The molecule has 0 aliphatic carbocycles. The van der Waals surface area contributed by atoms with E-state index in [0.29, 0.717) is 31.5 Å². The van der Waals surface area contributed by atoms with Crippen molar-refractivity contribution < 1.29 is 14.3 Å². The first-order valence-corrected chi connectivity index (χ1v) is 11.0. The number of nitrogens with zero attached hydrogens (tertiary/aromatic N) is 3. The van der Waals surface area contributed by atoms with Crippen LogP contribution in [0.15, 0.2) is 28.7 Å². The van der Waals surface area contributed by atoms with Crippen LogP contribution in [-0.2, 0) is 4.74 Å². The molecule has 3 rings (SSSR count). The lowest BCUT2D eigenvalue weighted by atomic mass is 10.0. The van der Waals surface area contributed by atoms with E-state index in [1.165, 1.54) is 0 Å². The topological polar surface area (TPSA) is 76.5 Å². The average molecular weight is 477 g/mol. The number of carbonyl (C=O) groups is 2. The van der Waals surface area contributed by atoms with Crippen molar-refractivity contribution in [3.63, 3.8) is 0 Å². The molecular formula is C22H29BrN4O3. The molecule has 1 saturated heterocycles. The maximum absolute atomic E-state index is 13.2. The SMILES string of the molecule is Cc1nn(-c2ccc(Br)cc2)c(C)c1C(=O)N1CCC(NC(=O)OC(C)(C)C)CC1. The smallest absolute Gasteiger partial charge is 0.407 e. The Bertz CT molecular complexity index is 923. The van der Waals surface area contributed by atoms with Gasteiger partial charge in [0.25, 0.3) is 5.91 Å². The summed E-state index contributed by atoms with van der Waals surface area (Å²) in [4.78, 5) is 27.0. The van der Waals surface area contributed by atoms with Crippen molar-refractivity contribution in [3.8, 4) is 5.69 Å². The molecule has 0 radical (unpaired) electrons. The molecule has 0 bridgehead atoms. The molecule has 2 heterocycles. The molecule has 1 aliphatic rings. The van der Waals surface area contributed by atoms with Crippen molar-refractivity contribution in [3.05, 3.63) is 45.7 Å². The average Bonchev–Trinajstić information content (AvgIpc) is 2.95. The molecule has 1 fully saturated rings. The monoisotopic (exact) mass is 476 g/mol. The number of aryl methyl sites for hydroxylation is 1. The van der Waals surface area contributed by atoms with Crippen LogP contribution < -0.4 is 5.32 Å². The summed E-state index contributed by atoms with van der Waals surface area (Å²) >= 11 is 3.44. The second kappa shape index (κ2) is 8.79. The van der Waals surface area contributed by atoms with Gasteiger partial charge in [-0.2, -0.15) is 5.10 Å². The van der Waals surface area contributed by atoms with Gasteiger partial charge in [0, 0.05) is 23.6 Å². The maximum atomic E-state index is 13.2. The van der Waals surface area contributed by atoms with Crippen molar-refractivity contribution in [1.82, 2.24) is 20.0 Å². The number of ether oxygens (including phenoxy) is 1. The van der Waals surface area contributed by atoms with Crippen molar-refractivity contribution in [2.75, 3.05) is 13.1 Å². The molecular weight excluding hydrogens is 448 g/mol. The fourth-order valence-corrected chi connectivity index (χ4v) is 3.91. The summed E-state index contributed by atoms with van der Waals surface area (Å²) in [6.45, 7) is 10.5. The van der Waals surface area contributed by atoms with E-state index in [9.17, 15) is 9.59 Å². The maximum Gasteiger partial charge on any atom is 0.407 e. The minimum atomic E-state index is -0.523. The Labute approximate surface area is 185 Å². The third-order valence-corrected chi connectivity index (χ3v) is 5.61. The van der Waals surface area contributed by atoms with E-state index in [1.54, 1.807) is 0 Å². The minimum absolute atomic E-state index is 0.0101. The molecule has 2 amide bonds. The van der Waals surface area contributed by atoms with E-state index in [4.69, 9.17) is 4.74 Å². The van der Waals surface area contributed by atoms with Gasteiger partial charge in [0.05, 0.1) is 22.6 Å². The zero-order chi connectivity index (χ0) is 22.1. The molecule has 1 aliphatic heterocycles. The molecule has 1 aromatic heterocycles. The Hall–Kier alpha value is -2.35. The molecule has 7 nitrogen and oxygen atoms in total. The van der Waals surface area contributed by atoms with Crippen LogP contribution in [0, 0.1) is 13.8 Å². The second-order valence-electron chi connectivity index (χ2n) is 8.65. The van der Waals surface area contributed by atoms with Gasteiger partial charge in [-0.15, -0.1) is 0 Å². The highest BCUT2D eigenvalue weighted by atomic mass is 79.9. The number of carbonyl (C=O) groups excluding carboxylic acids is 2. The van der Waals surface area contributed by atoms with Gasteiger partial charge in [-0.1, -0.05) is 15.9 Å². The van der Waals surface area contributed by atoms with Gasteiger partial charge >= 0.3 is 6.09 Å². The van der Waals surface area contributed by atoms with Crippen LogP contribution in [0.4, 0.5) is 4.79 Å². The highest BCUT2D eigenvalue weighted by Gasteiger charge is 2.29. The molecule has 162 valence electrons. The normalized spacial score (nSPS) is 15.2. The highest BCUT2D eigenvalue weighted by Crippen LogP contribution is 2.23. The largest absolute Gasteiger partial charge is 0.444 e. The summed E-state index contributed by atoms with van der Waals surface area (Å²) in [5, 5.41) is 7.50. The van der Waals surface area contributed by atoms with E-state index >= 15 is 0 Å². The molecule has 0 atom stereocenters. The van der Waals surface area contributed by atoms with Crippen LogP contribution in [0.5, 0.6) is 0 Å². The Morgan fingerprint density at radius 2 is 1.73 bits per heavy atom. The zero-order valence-electron chi connectivity index (χ0n) is 18.2.